The van der Waals surface area contributed by atoms with E-state index in [1.807, 2.05) is 0 Å². The number of alkyl halides is 3. The van der Waals surface area contributed by atoms with Gasteiger partial charge in [-0.1, -0.05) is 18.2 Å². The largest absolute Gasteiger partial charge is 0.494 e. The van der Waals surface area contributed by atoms with Gasteiger partial charge in [-0.15, -0.1) is 0 Å². The number of carbonyl (C=O) groups excluding carboxylic acids is 1. The van der Waals surface area contributed by atoms with Crippen LogP contribution in [0, 0.1) is 0 Å². The Hall–Kier alpha value is -2.22. The van der Waals surface area contributed by atoms with Crippen LogP contribution in [0.1, 0.15) is 23.6 Å². The normalized spacial score (nSPS) is 24.2. The van der Waals surface area contributed by atoms with Crippen molar-refractivity contribution in [2.24, 2.45) is 0 Å². The molecular weight excluding hydrogens is 327 g/mol. The molecule has 0 unspecified atom stereocenters. The number of halogens is 3. The number of aliphatic hydroxyl groups excluding tert-OH is 1. The Labute approximate surface area is 136 Å². The first-order valence-corrected chi connectivity index (χ1v) is 7.47. The zero-order valence-corrected chi connectivity index (χ0v) is 12.6. The third-order valence-corrected chi connectivity index (χ3v) is 4.02. The van der Waals surface area contributed by atoms with Crippen molar-refractivity contribution in [1.82, 2.24) is 4.90 Å². The Morgan fingerprint density at radius 2 is 2.00 bits per heavy atom. The second-order valence-corrected chi connectivity index (χ2v) is 5.65. The number of ether oxygens (including phenoxy) is 2. The van der Waals surface area contributed by atoms with Gasteiger partial charge in [0.05, 0.1) is 17.7 Å². The molecule has 24 heavy (non-hydrogen) atoms. The number of hydrogen-bond acceptors (Lipinski definition) is 4. The number of amides is 1. The summed E-state index contributed by atoms with van der Waals surface area (Å²) in [6, 6.07) is 4.21. The zero-order chi connectivity index (χ0) is 17.3. The number of β-amino-alcohol motifs (C(OH)–C–C–N with tert-alkyl or cyclic N) is 1. The van der Waals surface area contributed by atoms with Crippen LogP contribution in [-0.2, 0) is 20.4 Å². The molecular formula is C16H16F3NO4. The van der Waals surface area contributed by atoms with Crippen molar-refractivity contribution in [3.05, 3.63) is 47.4 Å². The Bertz CT molecular complexity index is 659. The predicted octanol–water partition coefficient (Wildman–Crippen LogP) is 2.23. The summed E-state index contributed by atoms with van der Waals surface area (Å²) in [6.07, 6.45) is -4.25. The molecule has 5 nitrogen and oxygen atoms in total. The van der Waals surface area contributed by atoms with E-state index in [0.717, 1.165) is 12.3 Å². The van der Waals surface area contributed by atoms with E-state index in [9.17, 15) is 23.1 Å². The summed E-state index contributed by atoms with van der Waals surface area (Å²) in [5.41, 5.74) is -0.844. The van der Waals surface area contributed by atoms with Gasteiger partial charge < -0.3 is 19.5 Å². The highest BCUT2D eigenvalue weighted by molar-refractivity contribution is 5.92. The topological polar surface area (TPSA) is 59.0 Å². The minimum atomic E-state index is -4.54. The predicted molar refractivity (Wildman–Crippen MR) is 76.5 cm³/mol. The fourth-order valence-electron chi connectivity index (χ4n) is 3.00. The van der Waals surface area contributed by atoms with Crippen LogP contribution < -0.4 is 0 Å². The molecule has 2 aliphatic heterocycles. The number of carbonyl (C=O) groups is 1. The number of hydrogen-bond donors (Lipinski definition) is 1. The van der Waals surface area contributed by atoms with Gasteiger partial charge in [-0.2, -0.15) is 13.2 Å². The van der Waals surface area contributed by atoms with Crippen molar-refractivity contribution in [1.29, 1.82) is 0 Å². The summed E-state index contributed by atoms with van der Waals surface area (Å²) >= 11 is 0. The number of rotatable bonds is 2. The summed E-state index contributed by atoms with van der Waals surface area (Å²) in [7, 11) is 0. The lowest BCUT2D eigenvalue weighted by Gasteiger charge is -2.28. The third kappa shape index (κ3) is 3.19. The molecule has 0 spiro atoms. The molecule has 1 aromatic carbocycles. The minimum Gasteiger partial charge on any atom is -0.494 e. The minimum absolute atomic E-state index is 0.0347. The van der Waals surface area contributed by atoms with E-state index in [0.29, 0.717) is 6.61 Å². The highest BCUT2D eigenvalue weighted by Crippen LogP contribution is 2.40. The van der Waals surface area contributed by atoms with Gasteiger partial charge in [0.15, 0.2) is 0 Å². The Balaban J connectivity index is 1.94. The van der Waals surface area contributed by atoms with E-state index in [-0.39, 0.29) is 30.9 Å². The van der Waals surface area contributed by atoms with E-state index in [1.54, 1.807) is 0 Å². The highest BCUT2D eigenvalue weighted by Gasteiger charge is 2.42. The van der Waals surface area contributed by atoms with Gasteiger partial charge >= 0.3 is 6.18 Å². The molecule has 0 aliphatic carbocycles. The summed E-state index contributed by atoms with van der Waals surface area (Å²) in [4.78, 5) is 13.8. The molecule has 0 saturated carbocycles. The van der Waals surface area contributed by atoms with Crippen LogP contribution in [0.3, 0.4) is 0 Å². The van der Waals surface area contributed by atoms with Gasteiger partial charge in [0, 0.05) is 6.54 Å². The molecule has 2 heterocycles. The maximum absolute atomic E-state index is 13.3. The van der Waals surface area contributed by atoms with Crippen LogP contribution in [0.25, 0.3) is 0 Å². The number of nitrogens with zero attached hydrogens (tertiary/aromatic N) is 1. The second kappa shape index (κ2) is 6.35. The van der Waals surface area contributed by atoms with Crippen molar-refractivity contribution in [3.63, 3.8) is 0 Å². The zero-order valence-electron chi connectivity index (χ0n) is 12.6. The Morgan fingerprint density at radius 1 is 1.25 bits per heavy atom. The monoisotopic (exact) mass is 343 g/mol. The van der Waals surface area contributed by atoms with Gasteiger partial charge in [0.2, 0.25) is 5.76 Å². The number of likely N-dealkylation sites (tertiary alicyclic amines) is 1. The Kier molecular flexibility index (Phi) is 4.40. The van der Waals surface area contributed by atoms with Crippen molar-refractivity contribution in [2.45, 2.75) is 24.7 Å². The molecule has 1 N–H and O–H groups in total. The maximum Gasteiger partial charge on any atom is 0.416 e. The molecule has 2 atom stereocenters. The molecule has 0 aromatic heterocycles. The van der Waals surface area contributed by atoms with E-state index >= 15 is 0 Å². The van der Waals surface area contributed by atoms with E-state index in [2.05, 4.69) is 0 Å². The van der Waals surface area contributed by atoms with Crippen molar-refractivity contribution >= 4 is 5.91 Å². The molecule has 0 radical (unpaired) electrons. The first-order chi connectivity index (χ1) is 11.4. The lowest BCUT2D eigenvalue weighted by Crippen LogP contribution is -2.35. The summed E-state index contributed by atoms with van der Waals surface area (Å²) in [6.45, 7) is 0.438. The summed E-state index contributed by atoms with van der Waals surface area (Å²) < 4.78 is 50.0. The molecule has 130 valence electrons. The van der Waals surface area contributed by atoms with E-state index < -0.39 is 29.8 Å². The lowest BCUT2D eigenvalue weighted by atomic mass is 9.97. The molecule has 2 aliphatic rings. The van der Waals surface area contributed by atoms with Crippen molar-refractivity contribution in [2.75, 3.05) is 19.8 Å². The average Bonchev–Trinajstić information content (AvgIpc) is 2.96. The SMILES string of the molecule is O=C(C1=COCCO1)N1C[C@H](O)C[C@H]1c1ccccc1C(F)(F)F. The van der Waals surface area contributed by atoms with E-state index in [1.165, 1.54) is 23.1 Å². The quantitative estimate of drug-likeness (QED) is 0.895. The van der Waals surface area contributed by atoms with Gasteiger partial charge in [-0.05, 0) is 18.1 Å². The fraction of sp³-hybridized carbons (Fsp3) is 0.438. The molecule has 1 aromatic rings. The molecule has 8 heteroatoms. The number of benzene rings is 1. The van der Waals surface area contributed by atoms with Crippen LogP contribution in [-0.4, -0.2) is 41.8 Å². The van der Waals surface area contributed by atoms with Crippen molar-refractivity contribution < 1.29 is 32.5 Å². The molecule has 1 saturated heterocycles. The van der Waals surface area contributed by atoms with Gasteiger partial charge in [0.1, 0.15) is 19.5 Å². The molecule has 3 rings (SSSR count). The van der Waals surface area contributed by atoms with Crippen LogP contribution in [0.4, 0.5) is 13.2 Å². The molecule has 0 bridgehead atoms. The molecule has 1 fully saturated rings. The lowest BCUT2D eigenvalue weighted by molar-refractivity contribution is -0.140. The smallest absolute Gasteiger partial charge is 0.416 e. The maximum atomic E-state index is 13.3. The van der Waals surface area contributed by atoms with Crippen molar-refractivity contribution in [3.8, 4) is 0 Å². The fourth-order valence-corrected chi connectivity index (χ4v) is 3.00. The first kappa shape index (κ1) is 16.6. The van der Waals surface area contributed by atoms with E-state index in [4.69, 9.17) is 9.47 Å². The summed E-state index contributed by atoms with van der Waals surface area (Å²) in [5, 5.41) is 9.91. The van der Waals surface area contributed by atoms with Gasteiger partial charge in [0.25, 0.3) is 5.91 Å². The standard InChI is InChI=1S/C16H16F3NO4/c17-16(18,19)12-4-2-1-3-11(12)13-7-10(21)8-20(13)15(22)14-9-23-5-6-24-14/h1-4,9-10,13,21H,5-8H2/t10-,13+/m1/s1. The van der Waals surface area contributed by atoms with Crippen LogP contribution >= 0.6 is 0 Å². The second-order valence-electron chi connectivity index (χ2n) is 5.65. The average molecular weight is 343 g/mol. The number of aliphatic hydroxyl groups is 1. The third-order valence-electron chi connectivity index (χ3n) is 4.02. The summed E-state index contributed by atoms with van der Waals surface area (Å²) in [5.74, 6) is -0.655. The molecule has 1 amide bonds. The van der Waals surface area contributed by atoms with Crippen LogP contribution in [0.15, 0.2) is 36.3 Å². The van der Waals surface area contributed by atoms with Gasteiger partial charge in [-0.25, -0.2) is 0 Å². The Morgan fingerprint density at radius 3 is 2.67 bits per heavy atom. The highest BCUT2D eigenvalue weighted by atomic mass is 19.4. The van der Waals surface area contributed by atoms with Crippen LogP contribution in [0.5, 0.6) is 0 Å². The van der Waals surface area contributed by atoms with Gasteiger partial charge in [-0.3, -0.25) is 4.79 Å². The first-order valence-electron chi connectivity index (χ1n) is 7.47. The van der Waals surface area contributed by atoms with Crippen LogP contribution in [0.2, 0.25) is 0 Å².